The minimum absolute atomic E-state index is 0.0332. The van der Waals surface area contributed by atoms with E-state index in [0.717, 1.165) is 16.0 Å². The molecule has 1 amide bonds. The molecule has 0 bridgehead atoms. The van der Waals surface area contributed by atoms with Crippen LogP contribution in [0, 0.1) is 0 Å². The zero-order valence-corrected chi connectivity index (χ0v) is 13.8. The summed E-state index contributed by atoms with van der Waals surface area (Å²) in [4.78, 5) is 25.3. The Kier molecular flexibility index (Phi) is 3.87. The first-order valence-corrected chi connectivity index (χ1v) is 8.39. The molecule has 0 unspecified atom stereocenters. The molecule has 3 aromatic heterocycles. The number of benzene rings is 1. The standard InChI is InChI=1S/C17H13N5O2S/c23-13-6-3-7-18-15(13)21-14(24)10-22-12-5-2-1-4-11(12)20-16(22)17-19-8-9-25-17/h1-9,23H,10H2,(H,18,21,24). The molecule has 0 saturated heterocycles. The molecule has 25 heavy (non-hydrogen) atoms. The quantitative estimate of drug-likeness (QED) is 0.590. The van der Waals surface area contributed by atoms with E-state index in [-0.39, 0.29) is 24.0 Å². The van der Waals surface area contributed by atoms with Gasteiger partial charge in [0.15, 0.2) is 22.4 Å². The Balaban J connectivity index is 1.70. The van der Waals surface area contributed by atoms with Crippen molar-refractivity contribution in [2.24, 2.45) is 0 Å². The first-order chi connectivity index (χ1) is 12.2. The second-order valence-corrected chi connectivity index (χ2v) is 6.16. The number of anilines is 1. The first kappa shape index (κ1) is 15.3. The summed E-state index contributed by atoms with van der Waals surface area (Å²) < 4.78 is 1.81. The highest BCUT2D eigenvalue weighted by atomic mass is 32.1. The van der Waals surface area contributed by atoms with Gasteiger partial charge in [-0.2, -0.15) is 0 Å². The minimum atomic E-state index is -0.310. The molecule has 4 aromatic rings. The van der Waals surface area contributed by atoms with Gasteiger partial charge < -0.3 is 15.0 Å². The van der Waals surface area contributed by atoms with Crippen molar-refractivity contribution >= 4 is 34.1 Å². The van der Waals surface area contributed by atoms with Gasteiger partial charge in [-0.05, 0) is 24.3 Å². The maximum absolute atomic E-state index is 12.5. The van der Waals surface area contributed by atoms with Crippen molar-refractivity contribution in [1.29, 1.82) is 0 Å². The lowest BCUT2D eigenvalue weighted by atomic mass is 10.3. The van der Waals surface area contributed by atoms with E-state index in [4.69, 9.17) is 0 Å². The fourth-order valence-corrected chi connectivity index (χ4v) is 3.17. The molecule has 2 N–H and O–H groups in total. The van der Waals surface area contributed by atoms with Crippen LogP contribution in [0.3, 0.4) is 0 Å². The van der Waals surface area contributed by atoms with Crippen molar-refractivity contribution in [3.05, 3.63) is 54.2 Å². The third-order valence-corrected chi connectivity index (χ3v) is 4.39. The van der Waals surface area contributed by atoms with Crippen molar-refractivity contribution in [2.45, 2.75) is 6.54 Å². The van der Waals surface area contributed by atoms with Gasteiger partial charge in [0.25, 0.3) is 0 Å². The number of fused-ring (bicyclic) bond motifs is 1. The molecule has 3 heterocycles. The summed E-state index contributed by atoms with van der Waals surface area (Å²) in [6.07, 6.45) is 3.21. The fraction of sp³-hybridized carbons (Fsp3) is 0.0588. The third-order valence-electron chi connectivity index (χ3n) is 3.62. The number of amides is 1. The van der Waals surface area contributed by atoms with Gasteiger partial charge in [-0.25, -0.2) is 15.0 Å². The monoisotopic (exact) mass is 351 g/mol. The molecular weight excluding hydrogens is 338 g/mol. The molecule has 0 radical (unpaired) electrons. The van der Waals surface area contributed by atoms with Gasteiger partial charge in [0.1, 0.15) is 6.54 Å². The highest BCUT2D eigenvalue weighted by molar-refractivity contribution is 7.13. The number of aromatic nitrogens is 4. The van der Waals surface area contributed by atoms with Gasteiger partial charge in [-0.15, -0.1) is 11.3 Å². The molecule has 124 valence electrons. The number of hydrogen-bond acceptors (Lipinski definition) is 6. The molecule has 0 aliphatic carbocycles. The predicted molar refractivity (Wildman–Crippen MR) is 95.4 cm³/mol. The molecule has 7 nitrogen and oxygen atoms in total. The Morgan fingerprint density at radius 2 is 2.04 bits per heavy atom. The SMILES string of the molecule is O=C(Cn1c(-c2nccs2)nc2ccccc21)Nc1ncccc1O. The summed E-state index contributed by atoms with van der Waals surface area (Å²) in [6.45, 7) is 0.0332. The summed E-state index contributed by atoms with van der Waals surface area (Å²) in [5.74, 6) is 0.380. The number of imidazole rings is 1. The molecule has 0 spiro atoms. The van der Waals surface area contributed by atoms with E-state index in [1.807, 2.05) is 34.2 Å². The normalized spacial score (nSPS) is 10.9. The van der Waals surface area contributed by atoms with E-state index >= 15 is 0 Å². The fourth-order valence-electron chi connectivity index (χ4n) is 2.54. The van der Waals surface area contributed by atoms with Gasteiger partial charge in [0, 0.05) is 17.8 Å². The number of para-hydroxylation sites is 2. The molecule has 4 rings (SSSR count). The van der Waals surface area contributed by atoms with Crippen LogP contribution in [0.5, 0.6) is 5.75 Å². The topological polar surface area (TPSA) is 92.9 Å². The van der Waals surface area contributed by atoms with Crippen molar-refractivity contribution in [3.8, 4) is 16.6 Å². The van der Waals surface area contributed by atoms with Gasteiger partial charge in [0.05, 0.1) is 11.0 Å². The maximum Gasteiger partial charge on any atom is 0.245 e. The van der Waals surface area contributed by atoms with Crippen LogP contribution in [-0.2, 0) is 11.3 Å². The van der Waals surface area contributed by atoms with Crippen LogP contribution >= 0.6 is 11.3 Å². The van der Waals surface area contributed by atoms with Crippen molar-refractivity contribution in [3.63, 3.8) is 0 Å². The van der Waals surface area contributed by atoms with Crippen molar-refractivity contribution in [2.75, 3.05) is 5.32 Å². The van der Waals surface area contributed by atoms with Crippen LogP contribution < -0.4 is 5.32 Å². The van der Waals surface area contributed by atoms with Gasteiger partial charge in [0.2, 0.25) is 5.91 Å². The van der Waals surface area contributed by atoms with Crippen LogP contribution in [-0.4, -0.2) is 30.5 Å². The van der Waals surface area contributed by atoms with E-state index in [2.05, 4.69) is 20.3 Å². The van der Waals surface area contributed by atoms with Crippen LogP contribution in [0.1, 0.15) is 0 Å². The van der Waals surface area contributed by atoms with Gasteiger partial charge in [-0.1, -0.05) is 12.1 Å². The lowest BCUT2D eigenvalue weighted by molar-refractivity contribution is -0.116. The molecule has 0 saturated carbocycles. The van der Waals surface area contributed by atoms with Crippen LogP contribution in [0.4, 0.5) is 5.82 Å². The Morgan fingerprint density at radius 1 is 1.16 bits per heavy atom. The molecule has 0 aliphatic heterocycles. The number of carbonyl (C=O) groups is 1. The first-order valence-electron chi connectivity index (χ1n) is 7.51. The number of aromatic hydroxyl groups is 1. The number of hydrogen-bond donors (Lipinski definition) is 2. The molecule has 0 aliphatic rings. The summed E-state index contributed by atoms with van der Waals surface area (Å²) in [5.41, 5.74) is 1.63. The van der Waals surface area contributed by atoms with E-state index in [0.29, 0.717) is 5.82 Å². The number of nitrogens with one attached hydrogen (secondary N) is 1. The van der Waals surface area contributed by atoms with E-state index < -0.39 is 0 Å². The Bertz CT molecular complexity index is 1040. The van der Waals surface area contributed by atoms with Crippen LogP contribution in [0.25, 0.3) is 21.9 Å². The smallest absolute Gasteiger partial charge is 0.245 e. The van der Waals surface area contributed by atoms with E-state index in [9.17, 15) is 9.90 Å². The lowest BCUT2D eigenvalue weighted by Crippen LogP contribution is -2.20. The highest BCUT2D eigenvalue weighted by Crippen LogP contribution is 2.26. The number of rotatable bonds is 4. The second kappa shape index (κ2) is 6.33. The summed E-state index contributed by atoms with van der Waals surface area (Å²) in [5, 5.41) is 15.0. The molecule has 1 aromatic carbocycles. The van der Waals surface area contributed by atoms with Crippen molar-refractivity contribution in [1.82, 2.24) is 19.5 Å². The summed E-state index contributed by atoms with van der Waals surface area (Å²) in [7, 11) is 0. The molecule has 0 fully saturated rings. The Hall–Kier alpha value is -3.26. The van der Waals surface area contributed by atoms with Gasteiger partial charge in [-0.3, -0.25) is 4.79 Å². The predicted octanol–water partition coefficient (Wildman–Crippen LogP) is 2.90. The molecule has 8 heteroatoms. The number of carbonyl (C=O) groups excluding carboxylic acids is 1. The zero-order valence-electron chi connectivity index (χ0n) is 13.0. The Morgan fingerprint density at radius 3 is 2.84 bits per heavy atom. The zero-order chi connectivity index (χ0) is 17.2. The van der Waals surface area contributed by atoms with Crippen LogP contribution in [0.15, 0.2) is 54.2 Å². The molecular formula is C17H13N5O2S. The van der Waals surface area contributed by atoms with E-state index in [1.54, 1.807) is 12.3 Å². The van der Waals surface area contributed by atoms with E-state index in [1.165, 1.54) is 23.6 Å². The average Bonchev–Trinajstić information content (AvgIpc) is 3.25. The average molecular weight is 351 g/mol. The minimum Gasteiger partial charge on any atom is -0.504 e. The molecule has 0 atom stereocenters. The second-order valence-electron chi connectivity index (χ2n) is 5.27. The number of thiazole rings is 1. The van der Waals surface area contributed by atoms with Crippen LogP contribution in [0.2, 0.25) is 0 Å². The number of nitrogens with zero attached hydrogens (tertiary/aromatic N) is 4. The maximum atomic E-state index is 12.5. The van der Waals surface area contributed by atoms with Gasteiger partial charge >= 0.3 is 0 Å². The summed E-state index contributed by atoms with van der Waals surface area (Å²) in [6, 6.07) is 10.7. The largest absolute Gasteiger partial charge is 0.504 e. The number of pyridine rings is 1. The third kappa shape index (κ3) is 2.94. The summed E-state index contributed by atoms with van der Waals surface area (Å²) >= 11 is 1.46. The lowest BCUT2D eigenvalue weighted by Gasteiger charge is -2.09. The highest BCUT2D eigenvalue weighted by Gasteiger charge is 2.17. The Labute approximate surface area is 146 Å². The van der Waals surface area contributed by atoms with Crippen molar-refractivity contribution < 1.29 is 9.90 Å².